The molecule has 21 heavy (non-hydrogen) atoms. The molecule has 0 radical (unpaired) electrons. The van der Waals surface area contributed by atoms with Crippen molar-refractivity contribution in [1.29, 1.82) is 0 Å². The number of Topliss-reactive ketones (excluding diaryl/α,β-unsaturated/α-hetero) is 1. The first-order valence-electron chi connectivity index (χ1n) is 6.60. The quantitative estimate of drug-likeness (QED) is 0.813. The van der Waals surface area contributed by atoms with E-state index in [-0.39, 0.29) is 11.7 Å². The molecule has 1 aliphatic heterocycles. The summed E-state index contributed by atoms with van der Waals surface area (Å²) in [6.07, 6.45) is 5.18. The summed E-state index contributed by atoms with van der Waals surface area (Å²) in [6, 6.07) is 0. The predicted molar refractivity (Wildman–Crippen MR) is 80.3 cm³/mol. The van der Waals surface area contributed by atoms with Crippen LogP contribution in [0.15, 0.2) is 23.3 Å². The van der Waals surface area contributed by atoms with Crippen molar-refractivity contribution in [3.05, 3.63) is 34.9 Å². The number of hydrogen-bond acceptors (Lipinski definition) is 5. The number of thiazole rings is 1. The molecule has 0 unspecified atom stereocenters. The van der Waals surface area contributed by atoms with Gasteiger partial charge in [-0.15, -0.1) is 11.3 Å². The Kier molecular flexibility index (Phi) is 3.42. The number of allylic oxidation sites excluding steroid dienone is 1. The fourth-order valence-electron chi connectivity index (χ4n) is 2.29. The molecule has 0 fully saturated rings. The number of amides is 1. The Morgan fingerprint density at radius 2 is 2.38 bits per heavy atom. The van der Waals surface area contributed by atoms with Crippen LogP contribution in [0.5, 0.6) is 0 Å². The molecule has 3 heterocycles. The van der Waals surface area contributed by atoms with E-state index in [0.717, 1.165) is 0 Å². The first kappa shape index (κ1) is 13.7. The summed E-state index contributed by atoms with van der Waals surface area (Å²) >= 11 is 1.40. The number of carbonyl (C=O) groups is 2. The second-order valence-corrected chi connectivity index (χ2v) is 5.53. The van der Waals surface area contributed by atoms with Crippen LogP contribution in [0.25, 0.3) is 6.08 Å². The molecule has 2 aromatic rings. The van der Waals surface area contributed by atoms with E-state index in [9.17, 15) is 9.59 Å². The first-order valence-corrected chi connectivity index (χ1v) is 7.48. The zero-order valence-electron chi connectivity index (χ0n) is 11.7. The molecule has 1 aliphatic rings. The van der Waals surface area contributed by atoms with E-state index in [4.69, 9.17) is 0 Å². The van der Waals surface area contributed by atoms with Crippen LogP contribution in [0.4, 0.5) is 5.13 Å². The van der Waals surface area contributed by atoms with Gasteiger partial charge in [-0.25, -0.2) is 9.97 Å². The molecule has 6 nitrogen and oxygen atoms in total. The van der Waals surface area contributed by atoms with E-state index < -0.39 is 0 Å². The molecule has 0 saturated heterocycles. The third kappa shape index (κ3) is 2.40. The average Bonchev–Trinajstić information content (AvgIpc) is 3.12. The van der Waals surface area contributed by atoms with Crippen molar-refractivity contribution in [1.82, 2.24) is 14.5 Å². The number of imidazole rings is 1. The molecule has 0 saturated carbocycles. The number of aromatic nitrogens is 3. The minimum atomic E-state index is -0.0616. The van der Waals surface area contributed by atoms with Crippen LogP contribution in [0, 0.1) is 0 Å². The van der Waals surface area contributed by atoms with Crippen molar-refractivity contribution in [3.8, 4) is 0 Å². The van der Waals surface area contributed by atoms with Crippen LogP contribution < -0.4 is 4.90 Å². The maximum absolute atomic E-state index is 12.1. The minimum Gasteiger partial charge on any atom is -0.324 e. The molecule has 2 aromatic heterocycles. The van der Waals surface area contributed by atoms with Crippen molar-refractivity contribution < 1.29 is 9.59 Å². The van der Waals surface area contributed by atoms with Crippen molar-refractivity contribution in [2.75, 3.05) is 11.4 Å². The number of carbonyl (C=O) groups excluding carboxylic acids is 2. The molecule has 1 amide bonds. The number of hydrogen-bond donors (Lipinski definition) is 0. The maximum Gasteiger partial charge on any atom is 0.226 e. The molecule has 3 rings (SSSR count). The lowest BCUT2D eigenvalue weighted by Gasteiger charge is -2.14. The Labute approximate surface area is 125 Å². The summed E-state index contributed by atoms with van der Waals surface area (Å²) in [5, 5.41) is 2.50. The lowest BCUT2D eigenvalue weighted by Crippen LogP contribution is -2.27. The molecule has 0 spiro atoms. The molecule has 0 bridgehead atoms. The van der Waals surface area contributed by atoms with E-state index in [1.54, 1.807) is 23.4 Å². The van der Waals surface area contributed by atoms with Gasteiger partial charge in [-0.05, 0) is 13.0 Å². The Morgan fingerprint density at radius 3 is 3.05 bits per heavy atom. The summed E-state index contributed by atoms with van der Waals surface area (Å²) in [4.78, 5) is 33.7. The molecular formula is C14H14N4O2S. The van der Waals surface area contributed by atoms with Crippen molar-refractivity contribution >= 4 is 34.2 Å². The SMILES string of the molecule is CCN(C(C)=O)c1nc(/C=C2/Cn3ccnc3C2=O)cs1. The fourth-order valence-corrected chi connectivity index (χ4v) is 3.18. The number of nitrogens with zero attached hydrogens (tertiary/aromatic N) is 4. The van der Waals surface area contributed by atoms with Gasteiger partial charge in [0.05, 0.1) is 12.2 Å². The highest BCUT2D eigenvalue weighted by Crippen LogP contribution is 2.25. The Balaban J connectivity index is 1.85. The number of anilines is 1. The smallest absolute Gasteiger partial charge is 0.226 e. The number of rotatable bonds is 3. The van der Waals surface area contributed by atoms with Crippen LogP contribution in [-0.2, 0) is 11.3 Å². The van der Waals surface area contributed by atoms with Gasteiger partial charge >= 0.3 is 0 Å². The second kappa shape index (κ2) is 5.25. The highest BCUT2D eigenvalue weighted by molar-refractivity contribution is 7.14. The zero-order chi connectivity index (χ0) is 15.0. The third-order valence-electron chi connectivity index (χ3n) is 3.31. The maximum atomic E-state index is 12.1. The summed E-state index contributed by atoms with van der Waals surface area (Å²) < 4.78 is 1.81. The van der Waals surface area contributed by atoms with Gasteiger partial charge in [0.25, 0.3) is 0 Å². The third-order valence-corrected chi connectivity index (χ3v) is 4.19. The number of ketones is 1. The Bertz CT molecular complexity index is 744. The standard InChI is InChI=1S/C14H14N4O2S/c1-3-18(9(2)19)14-16-11(8-21-14)6-10-7-17-5-4-15-13(17)12(10)20/h4-6,8H,3,7H2,1-2H3/b10-6-. The van der Waals surface area contributed by atoms with Gasteiger partial charge in [-0.3, -0.25) is 14.5 Å². The van der Waals surface area contributed by atoms with E-state index in [0.29, 0.717) is 35.3 Å². The Hall–Kier alpha value is -2.28. The lowest BCUT2D eigenvalue weighted by atomic mass is 10.2. The monoisotopic (exact) mass is 302 g/mol. The summed E-state index contributed by atoms with van der Waals surface area (Å²) in [6.45, 7) is 4.52. The van der Waals surface area contributed by atoms with Crippen molar-refractivity contribution in [3.63, 3.8) is 0 Å². The molecule has 0 N–H and O–H groups in total. The highest BCUT2D eigenvalue weighted by Gasteiger charge is 2.26. The van der Waals surface area contributed by atoms with Gasteiger partial charge in [0.1, 0.15) is 0 Å². The molecule has 0 atom stereocenters. The molecular weight excluding hydrogens is 288 g/mol. The van der Waals surface area contributed by atoms with Gasteiger partial charge in [-0.2, -0.15) is 0 Å². The van der Waals surface area contributed by atoms with Gasteiger partial charge in [0.2, 0.25) is 11.7 Å². The van der Waals surface area contributed by atoms with E-state index in [2.05, 4.69) is 9.97 Å². The molecule has 108 valence electrons. The van der Waals surface area contributed by atoms with Crippen LogP contribution in [-0.4, -0.2) is 32.8 Å². The largest absolute Gasteiger partial charge is 0.324 e. The predicted octanol–water partition coefficient (Wildman–Crippen LogP) is 1.99. The zero-order valence-corrected chi connectivity index (χ0v) is 12.6. The van der Waals surface area contributed by atoms with Crippen LogP contribution in [0.1, 0.15) is 30.2 Å². The summed E-state index contributed by atoms with van der Waals surface area (Å²) in [5.74, 6) is 0.368. The molecule has 0 aromatic carbocycles. The lowest BCUT2D eigenvalue weighted by molar-refractivity contribution is -0.116. The van der Waals surface area contributed by atoms with Crippen LogP contribution in [0.2, 0.25) is 0 Å². The second-order valence-electron chi connectivity index (χ2n) is 4.70. The van der Waals surface area contributed by atoms with Crippen molar-refractivity contribution in [2.24, 2.45) is 0 Å². The Morgan fingerprint density at radius 1 is 1.57 bits per heavy atom. The van der Waals surface area contributed by atoms with E-state index in [1.165, 1.54) is 18.3 Å². The van der Waals surface area contributed by atoms with Gasteiger partial charge in [-0.1, -0.05) is 0 Å². The first-order chi connectivity index (χ1) is 10.1. The normalized spacial score (nSPS) is 15.5. The minimum absolute atomic E-state index is 0.0388. The van der Waals surface area contributed by atoms with Crippen LogP contribution >= 0.6 is 11.3 Å². The van der Waals surface area contributed by atoms with Gasteiger partial charge in [0.15, 0.2) is 11.0 Å². The van der Waals surface area contributed by atoms with Gasteiger partial charge < -0.3 is 4.57 Å². The average molecular weight is 302 g/mol. The van der Waals surface area contributed by atoms with Crippen LogP contribution in [0.3, 0.4) is 0 Å². The topological polar surface area (TPSA) is 68.1 Å². The van der Waals surface area contributed by atoms with Crippen molar-refractivity contribution in [2.45, 2.75) is 20.4 Å². The molecule has 7 heteroatoms. The fraction of sp³-hybridized carbons (Fsp3) is 0.286. The summed E-state index contributed by atoms with van der Waals surface area (Å²) in [7, 11) is 0. The van der Waals surface area contributed by atoms with Gasteiger partial charge in [0, 0.05) is 36.8 Å². The summed E-state index contributed by atoms with van der Waals surface area (Å²) in [5.41, 5.74) is 1.37. The molecule has 0 aliphatic carbocycles. The van der Waals surface area contributed by atoms with E-state index >= 15 is 0 Å². The number of fused-ring (bicyclic) bond motifs is 1. The van der Waals surface area contributed by atoms with E-state index in [1.807, 2.05) is 16.9 Å². The highest BCUT2D eigenvalue weighted by atomic mass is 32.1.